The van der Waals surface area contributed by atoms with E-state index in [0.29, 0.717) is 0 Å². The summed E-state index contributed by atoms with van der Waals surface area (Å²) in [5.74, 6) is 0. The smallest absolute Gasteiger partial charge is 0.136 e. The quantitative estimate of drug-likeness (QED) is 0.159. The van der Waals surface area contributed by atoms with Gasteiger partial charge in [0.2, 0.25) is 0 Å². The van der Waals surface area contributed by atoms with Crippen molar-refractivity contribution in [1.82, 2.24) is 0 Å². The third-order valence-electron chi connectivity index (χ3n) is 14.7. The number of hydrogen-bond acceptors (Lipinski definition) is 3. The van der Waals surface area contributed by atoms with Crippen LogP contribution >= 0.6 is 0 Å². The highest BCUT2D eigenvalue weighted by molar-refractivity contribution is 6.06. The zero-order chi connectivity index (χ0) is 46.2. The topological polar surface area (TPSA) is 19.6 Å². The lowest BCUT2D eigenvalue weighted by molar-refractivity contribution is 0.669. The SMILES string of the molecule is c1ccc(-c2ccccc2-c2ccccc2N(c2ccc(-c3ccc4c(c3)oc3ccccc34)cc2)c2cccc3c2-c2ccccc2C32c3ccccc3N(c3ccccc3)c3ccccc32)cc1. The molecular formula is C67H44N2O. The molecule has 0 fully saturated rings. The van der Waals surface area contributed by atoms with Gasteiger partial charge in [0.05, 0.1) is 28.2 Å². The summed E-state index contributed by atoms with van der Waals surface area (Å²) >= 11 is 0. The molecule has 0 saturated carbocycles. The molecule has 12 aromatic rings. The second-order valence-electron chi connectivity index (χ2n) is 18.3. The van der Waals surface area contributed by atoms with Gasteiger partial charge in [-0.25, -0.2) is 0 Å². The van der Waals surface area contributed by atoms with E-state index in [1.807, 2.05) is 12.1 Å². The molecule has 3 heteroatoms. The van der Waals surface area contributed by atoms with Crippen LogP contribution in [0.1, 0.15) is 22.3 Å². The highest BCUT2D eigenvalue weighted by Crippen LogP contribution is 2.65. The van der Waals surface area contributed by atoms with Gasteiger partial charge in [0.25, 0.3) is 0 Å². The third-order valence-corrected chi connectivity index (χ3v) is 14.7. The van der Waals surface area contributed by atoms with Crippen LogP contribution in [0.3, 0.4) is 0 Å². The van der Waals surface area contributed by atoms with Crippen molar-refractivity contribution in [2.24, 2.45) is 0 Å². The van der Waals surface area contributed by atoms with Crippen LogP contribution in [0.5, 0.6) is 0 Å². The van der Waals surface area contributed by atoms with Crippen molar-refractivity contribution < 1.29 is 4.42 Å². The summed E-state index contributed by atoms with van der Waals surface area (Å²) in [4.78, 5) is 4.95. The third kappa shape index (κ3) is 5.95. The van der Waals surface area contributed by atoms with Crippen LogP contribution in [-0.2, 0) is 5.41 Å². The number of nitrogens with zero attached hydrogens (tertiary/aromatic N) is 2. The first-order valence-corrected chi connectivity index (χ1v) is 24.1. The van der Waals surface area contributed by atoms with Crippen LogP contribution in [-0.4, -0.2) is 0 Å². The minimum Gasteiger partial charge on any atom is -0.456 e. The van der Waals surface area contributed by atoms with Crippen LogP contribution in [0.4, 0.5) is 34.1 Å². The number of furan rings is 1. The van der Waals surface area contributed by atoms with Gasteiger partial charge in [-0.05, 0) is 122 Å². The molecule has 11 aromatic carbocycles. The van der Waals surface area contributed by atoms with Gasteiger partial charge in [0.15, 0.2) is 0 Å². The number of fused-ring (bicyclic) bond motifs is 12. The fourth-order valence-corrected chi connectivity index (χ4v) is 11.8. The van der Waals surface area contributed by atoms with Crippen molar-refractivity contribution in [1.29, 1.82) is 0 Å². The number of benzene rings is 11. The Labute approximate surface area is 407 Å². The maximum atomic E-state index is 6.37. The Kier molecular flexibility index (Phi) is 9.11. The Morgan fingerprint density at radius 3 is 1.63 bits per heavy atom. The standard InChI is InChI=1S/C67H44N2O/c1-3-20-46(21-4-1)50-24-7-8-25-51(50)52-26-10-15-33-60(52)68(49-41-38-45(39-42-49)47-40-43-54-53-27-11-18-37-64(53)70-65(54)44-47)63-36-19-32-59-66(63)55-28-9-12-29-56(55)67(59)57-30-13-16-34-61(57)69(48-22-5-2-6-23-48)62-35-17-14-31-58(62)67/h1-44H. The molecule has 0 unspecified atom stereocenters. The van der Waals surface area contributed by atoms with Crippen molar-refractivity contribution >= 4 is 56.1 Å². The Balaban J connectivity index is 1.02. The monoisotopic (exact) mass is 892 g/mol. The molecule has 0 saturated heterocycles. The van der Waals surface area contributed by atoms with Crippen molar-refractivity contribution in [3.63, 3.8) is 0 Å². The Morgan fingerprint density at radius 1 is 0.329 bits per heavy atom. The average Bonchev–Trinajstić information content (AvgIpc) is 3.96. The van der Waals surface area contributed by atoms with Gasteiger partial charge >= 0.3 is 0 Å². The number of anilines is 6. The summed E-state index contributed by atoms with van der Waals surface area (Å²) in [7, 11) is 0. The second kappa shape index (κ2) is 16.0. The normalized spacial score (nSPS) is 12.9. The Morgan fingerprint density at radius 2 is 0.871 bits per heavy atom. The number of para-hydroxylation sites is 5. The van der Waals surface area contributed by atoms with Gasteiger partial charge in [-0.1, -0.05) is 200 Å². The van der Waals surface area contributed by atoms with Gasteiger partial charge in [-0.3, -0.25) is 0 Å². The maximum Gasteiger partial charge on any atom is 0.136 e. The molecule has 1 aliphatic carbocycles. The first kappa shape index (κ1) is 39.9. The van der Waals surface area contributed by atoms with E-state index in [1.165, 1.54) is 61.4 Å². The maximum absolute atomic E-state index is 6.37. The van der Waals surface area contributed by atoms with Crippen molar-refractivity contribution in [3.8, 4) is 44.5 Å². The zero-order valence-corrected chi connectivity index (χ0v) is 38.2. The minimum atomic E-state index is -0.606. The fraction of sp³-hybridized carbons (Fsp3) is 0.0149. The molecule has 1 aliphatic heterocycles. The highest BCUT2D eigenvalue weighted by Gasteiger charge is 2.52. The molecule has 1 spiro atoms. The average molecular weight is 893 g/mol. The lowest BCUT2D eigenvalue weighted by Gasteiger charge is -2.45. The van der Waals surface area contributed by atoms with E-state index in [1.54, 1.807) is 0 Å². The van der Waals surface area contributed by atoms with Crippen molar-refractivity contribution in [2.45, 2.75) is 5.41 Å². The van der Waals surface area contributed by atoms with Crippen LogP contribution < -0.4 is 9.80 Å². The van der Waals surface area contributed by atoms with Gasteiger partial charge in [0, 0.05) is 33.3 Å². The van der Waals surface area contributed by atoms with Gasteiger partial charge in [0.1, 0.15) is 11.2 Å². The summed E-state index contributed by atoms with van der Waals surface area (Å²) < 4.78 is 6.37. The fourth-order valence-electron chi connectivity index (χ4n) is 11.8. The van der Waals surface area contributed by atoms with E-state index >= 15 is 0 Å². The van der Waals surface area contributed by atoms with Crippen LogP contribution in [0, 0.1) is 0 Å². The highest BCUT2D eigenvalue weighted by atomic mass is 16.3. The molecule has 0 atom stereocenters. The molecule has 328 valence electrons. The van der Waals surface area contributed by atoms with Crippen molar-refractivity contribution in [2.75, 3.05) is 9.80 Å². The molecule has 0 radical (unpaired) electrons. The summed E-state index contributed by atoms with van der Waals surface area (Å²) in [5, 5.41) is 2.26. The zero-order valence-electron chi connectivity index (χ0n) is 38.2. The first-order valence-electron chi connectivity index (χ1n) is 24.1. The number of rotatable bonds is 7. The summed E-state index contributed by atoms with van der Waals surface area (Å²) in [6.07, 6.45) is 0. The van der Waals surface area contributed by atoms with Gasteiger partial charge in [-0.15, -0.1) is 0 Å². The van der Waals surface area contributed by atoms with E-state index in [2.05, 4.69) is 265 Å². The summed E-state index contributed by atoms with van der Waals surface area (Å²) in [5.41, 5.74) is 22.4. The van der Waals surface area contributed by atoms with Crippen LogP contribution in [0.25, 0.3) is 66.4 Å². The largest absolute Gasteiger partial charge is 0.456 e. The van der Waals surface area contributed by atoms with E-state index in [-0.39, 0.29) is 0 Å². The summed E-state index contributed by atoms with van der Waals surface area (Å²) in [6, 6.07) is 97.5. The molecule has 0 bridgehead atoms. The molecule has 0 amide bonds. The molecule has 2 aliphatic rings. The van der Waals surface area contributed by atoms with Gasteiger partial charge in [-0.2, -0.15) is 0 Å². The first-order chi connectivity index (χ1) is 34.8. The molecule has 2 heterocycles. The molecule has 1 aromatic heterocycles. The van der Waals surface area contributed by atoms with Crippen LogP contribution in [0.15, 0.2) is 271 Å². The lowest BCUT2D eigenvalue weighted by Crippen LogP contribution is -2.36. The van der Waals surface area contributed by atoms with E-state index in [4.69, 9.17) is 4.42 Å². The van der Waals surface area contributed by atoms with Crippen molar-refractivity contribution in [3.05, 3.63) is 289 Å². The van der Waals surface area contributed by atoms with E-state index in [9.17, 15) is 0 Å². The molecule has 3 nitrogen and oxygen atoms in total. The second-order valence-corrected chi connectivity index (χ2v) is 18.3. The Hall–Kier alpha value is -9.18. The minimum absolute atomic E-state index is 0.606. The Bertz CT molecular complexity index is 3920. The van der Waals surface area contributed by atoms with Crippen LogP contribution in [0.2, 0.25) is 0 Å². The number of hydrogen-bond donors (Lipinski definition) is 0. The van der Waals surface area contributed by atoms with E-state index < -0.39 is 5.41 Å². The van der Waals surface area contributed by atoms with Gasteiger partial charge < -0.3 is 14.2 Å². The predicted molar refractivity (Wildman–Crippen MR) is 290 cm³/mol. The summed E-state index contributed by atoms with van der Waals surface area (Å²) in [6.45, 7) is 0. The molecular weight excluding hydrogens is 849 g/mol. The molecule has 0 N–H and O–H groups in total. The van der Waals surface area contributed by atoms with E-state index in [0.717, 1.165) is 61.4 Å². The lowest BCUT2D eigenvalue weighted by atomic mass is 9.64. The molecule has 70 heavy (non-hydrogen) atoms. The molecule has 14 rings (SSSR count). The predicted octanol–water partition coefficient (Wildman–Crippen LogP) is 18.2.